The standard InChI is InChI=1S/C23H27N5O3/c29-12-14-10-19(21(31)20(14)30)27-22-16(11-24-23(28-22)25-15-5-3-6-15)18-9-8-13-4-1-2-7-17(13)26-18/h1-2,4,7-9,11,14-15,19-21,29-31H,3,5-6,10,12H2,(H2,24,25,27,28)/t14-,19?,20-,21+/m1/s1. The summed E-state index contributed by atoms with van der Waals surface area (Å²) in [6.45, 7) is -0.173. The number of para-hydroxylation sites is 1. The molecule has 8 heteroatoms. The molecule has 8 nitrogen and oxygen atoms in total. The van der Waals surface area contributed by atoms with Crippen molar-refractivity contribution in [3.8, 4) is 11.3 Å². The van der Waals surface area contributed by atoms with Crippen LogP contribution >= 0.6 is 0 Å². The lowest BCUT2D eigenvalue weighted by molar-refractivity contribution is 0.00446. The fourth-order valence-electron chi connectivity index (χ4n) is 4.32. The summed E-state index contributed by atoms with van der Waals surface area (Å²) >= 11 is 0. The number of nitrogens with zero attached hydrogens (tertiary/aromatic N) is 3. The van der Waals surface area contributed by atoms with Crippen LogP contribution in [-0.4, -0.2) is 61.2 Å². The van der Waals surface area contributed by atoms with Crippen LogP contribution in [0, 0.1) is 5.92 Å². The second-order valence-corrected chi connectivity index (χ2v) is 8.53. The van der Waals surface area contributed by atoms with Crippen molar-refractivity contribution < 1.29 is 15.3 Å². The zero-order valence-corrected chi connectivity index (χ0v) is 17.1. The molecule has 0 spiro atoms. The van der Waals surface area contributed by atoms with Crippen LogP contribution in [-0.2, 0) is 0 Å². The van der Waals surface area contributed by atoms with Crippen molar-refractivity contribution in [2.24, 2.45) is 5.92 Å². The minimum atomic E-state index is -0.993. The van der Waals surface area contributed by atoms with Crippen molar-refractivity contribution in [1.82, 2.24) is 15.0 Å². The molecule has 3 aromatic rings. The maximum absolute atomic E-state index is 10.5. The fraction of sp³-hybridized carbons (Fsp3) is 0.435. The highest BCUT2D eigenvalue weighted by atomic mass is 16.3. The van der Waals surface area contributed by atoms with Crippen LogP contribution in [0.1, 0.15) is 25.7 Å². The number of anilines is 2. The molecule has 2 saturated carbocycles. The van der Waals surface area contributed by atoms with Crippen LogP contribution in [0.3, 0.4) is 0 Å². The monoisotopic (exact) mass is 421 g/mol. The number of rotatable bonds is 6. The Morgan fingerprint density at radius 2 is 1.81 bits per heavy atom. The SMILES string of the molecule is OC[C@H]1CC(Nc2nc(NC3CCC3)ncc2-c2ccc3ccccc3n2)[C@H](O)[C@@H]1O. The quantitative estimate of drug-likeness (QED) is 0.410. The van der Waals surface area contributed by atoms with Gasteiger partial charge in [-0.1, -0.05) is 24.3 Å². The third kappa shape index (κ3) is 3.94. The molecule has 162 valence electrons. The number of benzene rings is 1. The fourth-order valence-corrected chi connectivity index (χ4v) is 4.32. The van der Waals surface area contributed by atoms with Gasteiger partial charge in [0, 0.05) is 30.1 Å². The molecule has 0 saturated heterocycles. The van der Waals surface area contributed by atoms with E-state index >= 15 is 0 Å². The Kier molecular flexibility index (Phi) is 5.43. The highest BCUT2D eigenvalue weighted by Gasteiger charge is 2.41. The molecule has 2 aliphatic rings. The first-order chi connectivity index (χ1) is 15.1. The predicted molar refractivity (Wildman–Crippen MR) is 119 cm³/mol. The smallest absolute Gasteiger partial charge is 0.224 e. The van der Waals surface area contributed by atoms with Crippen LogP contribution in [0.2, 0.25) is 0 Å². The summed E-state index contributed by atoms with van der Waals surface area (Å²) in [6.07, 6.45) is 3.63. The van der Waals surface area contributed by atoms with Gasteiger partial charge in [-0.2, -0.15) is 4.98 Å². The number of aromatic nitrogens is 3. The summed E-state index contributed by atoms with van der Waals surface area (Å²) in [7, 11) is 0. The Labute approximate surface area is 180 Å². The summed E-state index contributed by atoms with van der Waals surface area (Å²) in [5.74, 6) is 0.710. The van der Waals surface area contributed by atoms with Crippen molar-refractivity contribution in [2.45, 2.75) is 50.0 Å². The molecule has 0 radical (unpaired) electrons. The average Bonchev–Trinajstić information content (AvgIpc) is 3.04. The van der Waals surface area contributed by atoms with Gasteiger partial charge in [-0.15, -0.1) is 0 Å². The van der Waals surface area contributed by atoms with Gasteiger partial charge in [-0.05, 0) is 37.8 Å². The number of pyridine rings is 1. The van der Waals surface area contributed by atoms with Crippen molar-refractivity contribution in [3.63, 3.8) is 0 Å². The molecule has 0 bridgehead atoms. The first kappa shape index (κ1) is 20.1. The van der Waals surface area contributed by atoms with Crippen molar-refractivity contribution >= 4 is 22.7 Å². The first-order valence-corrected chi connectivity index (χ1v) is 10.9. The Bertz CT molecular complexity index is 1070. The van der Waals surface area contributed by atoms with E-state index in [1.54, 1.807) is 6.20 Å². The van der Waals surface area contributed by atoms with Crippen LogP contribution in [0.15, 0.2) is 42.6 Å². The predicted octanol–water partition coefficient (Wildman–Crippen LogP) is 2.17. The van der Waals surface area contributed by atoms with Gasteiger partial charge in [-0.3, -0.25) is 0 Å². The van der Waals surface area contributed by atoms with Gasteiger partial charge in [0.2, 0.25) is 5.95 Å². The summed E-state index contributed by atoms with van der Waals surface area (Å²) in [4.78, 5) is 14.0. The van der Waals surface area contributed by atoms with E-state index in [4.69, 9.17) is 9.97 Å². The number of hydrogen-bond donors (Lipinski definition) is 5. The minimum absolute atomic E-state index is 0.173. The molecule has 0 aliphatic heterocycles. The molecule has 1 aromatic carbocycles. The summed E-state index contributed by atoms with van der Waals surface area (Å²) in [6, 6.07) is 11.8. The number of hydrogen-bond acceptors (Lipinski definition) is 8. The highest BCUT2D eigenvalue weighted by molar-refractivity contribution is 5.83. The van der Waals surface area contributed by atoms with Gasteiger partial charge in [0.05, 0.1) is 28.9 Å². The first-order valence-electron chi connectivity index (χ1n) is 10.9. The molecule has 1 unspecified atom stereocenters. The van der Waals surface area contributed by atoms with Gasteiger partial charge in [0.15, 0.2) is 0 Å². The van der Waals surface area contributed by atoms with Crippen molar-refractivity contribution in [2.75, 3.05) is 17.2 Å². The lowest BCUT2D eigenvalue weighted by Gasteiger charge is -2.27. The Morgan fingerprint density at radius 3 is 2.55 bits per heavy atom. The maximum atomic E-state index is 10.5. The van der Waals surface area contributed by atoms with E-state index in [9.17, 15) is 15.3 Å². The van der Waals surface area contributed by atoms with E-state index in [2.05, 4.69) is 15.6 Å². The highest BCUT2D eigenvalue weighted by Crippen LogP contribution is 2.33. The molecule has 2 aliphatic carbocycles. The van der Waals surface area contributed by atoms with Crippen LogP contribution in [0.5, 0.6) is 0 Å². The lowest BCUT2D eigenvalue weighted by atomic mass is 9.93. The Morgan fingerprint density at radius 1 is 0.968 bits per heavy atom. The second-order valence-electron chi connectivity index (χ2n) is 8.53. The summed E-state index contributed by atoms with van der Waals surface area (Å²) < 4.78 is 0. The number of nitrogens with one attached hydrogen (secondary N) is 2. The van der Waals surface area contributed by atoms with Gasteiger partial charge in [-0.25, -0.2) is 9.97 Å². The van der Waals surface area contributed by atoms with Gasteiger partial charge in [0.25, 0.3) is 0 Å². The third-order valence-corrected chi connectivity index (χ3v) is 6.46. The van der Waals surface area contributed by atoms with Crippen LogP contribution in [0.4, 0.5) is 11.8 Å². The van der Waals surface area contributed by atoms with E-state index in [1.165, 1.54) is 6.42 Å². The molecule has 2 fully saturated rings. The van der Waals surface area contributed by atoms with Crippen LogP contribution in [0.25, 0.3) is 22.2 Å². The second kappa shape index (κ2) is 8.37. The zero-order chi connectivity index (χ0) is 21.4. The topological polar surface area (TPSA) is 123 Å². The summed E-state index contributed by atoms with van der Waals surface area (Å²) in [5, 5.41) is 37.9. The largest absolute Gasteiger partial charge is 0.396 e. The number of fused-ring (bicyclic) bond motifs is 1. The zero-order valence-electron chi connectivity index (χ0n) is 17.1. The molecule has 31 heavy (non-hydrogen) atoms. The van der Waals surface area contributed by atoms with E-state index in [-0.39, 0.29) is 12.5 Å². The molecule has 0 amide bonds. The van der Waals surface area contributed by atoms with E-state index in [0.717, 1.165) is 35.0 Å². The summed E-state index contributed by atoms with van der Waals surface area (Å²) in [5.41, 5.74) is 2.32. The average molecular weight is 422 g/mol. The van der Waals surface area contributed by atoms with Gasteiger partial charge >= 0.3 is 0 Å². The normalized spacial score (nSPS) is 26.0. The number of aliphatic hydroxyl groups is 3. The van der Waals surface area contributed by atoms with E-state index in [1.807, 2.05) is 36.4 Å². The minimum Gasteiger partial charge on any atom is -0.396 e. The van der Waals surface area contributed by atoms with Crippen molar-refractivity contribution in [1.29, 1.82) is 0 Å². The van der Waals surface area contributed by atoms with Crippen molar-refractivity contribution in [3.05, 3.63) is 42.6 Å². The molecule has 2 aromatic heterocycles. The molecular weight excluding hydrogens is 394 g/mol. The molecule has 4 atom stereocenters. The maximum Gasteiger partial charge on any atom is 0.224 e. The molecule has 5 rings (SSSR count). The lowest BCUT2D eigenvalue weighted by Crippen LogP contribution is -2.36. The molecule has 2 heterocycles. The number of aliphatic hydroxyl groups excluding tert-OH is 3. The molecule has 5 N–H and O–H groups in total. The third-order valence-electron chi connectivity index (χ3n) is 6.46. The van der Waals surface area contributed by atoms with Gasteiger partial charge < -0.3 is 26.0 Å². The van der Waals surface area contributed by atoms with Crippen LogP contribution < -0.4 is 10.6 Å². The van der Waals surface area contributed by atoms with E-state index in [0.29, 0.717) is 24.2 Å². The van der Waals surface area contributed by atoms with E-state index < -0.39 is 18.2 Å². The Hall–Kier alpha value is -2.81. The Balaban J connectivity index is 1.50. The van der Waals surface area contributed by atoms with Gasteiger partial charge in [0.1, 0.15) is 11.9 Å². The molecular formula is C23H27N5O3.